The Bertz CT molecular complexity index is 1810. The van der Waals surface area contributed by atoms with Crippen molar-refractivity contribution in [3.8, 4) is 11.3 Å². The van der Waals surface area contributed by atoms with E-state index in [9.17, 15) is 14.9 Å². The van der Waals surface area contributed by atoms with Crippen molar-refractivity contribution in [2.45, 2.75) is 13.5 Å². The average molecular weight is 582 g/mol. The topological polar surface area (TPSA) is 145 Å². The Kier molecular flexibility index (Phi) is 7.71. The third-order valence-electron chi connectivity index (χ3n) is 7.52. The number of benzene rings is 2. The van der Waals surface area contributed by atoms with Gasteiger partial charge in [-0.2, -0.15) is 0 Å². The van der Waals surface area contributed by atoms with Gasteiger partial charge in [-0.05, 0) is 35.3 Å². The lowest BCUT2D eigenvalue weighted by molar-refractivity contribution is -0.392. The molecule has 0 saturated carbocycles. The number of aromatic nitrogens is 5. The van der Waals surface area contributed by atoms with Crippen LogP contribution in [-0.4, -0.2) is 67.8 Å². The van der Waals surface area contributed by atoms with E-state index in [1.165, 1.54) is 10.8 Å². The summed E-state index contributed by atoms with van der Waals surface area (Å²) in [4.78, 5) is 39.5. The van der Waals surface area contributed by atoms with E-state index in [0.29, 0.717) is 43.6 Å². The zero-order valence-electron chi connectivity index (χ0n) is 23.9. The number of nitrogens with zero attached hydrogens (tertiary/aromatic N) is 7. The van der Waals surface area contributed by atoms with Gasteiger partial charge in [-0.1, -0.05) is 18.2 Å². The molecule has 1 aliphatic rings. The standard InChI is InChI=1S/C30H31N9O4/c1-20-33-18-28(39(41)42)38(20)12-11-31-29(40)23-8-7-21(17-27(23)37-13-15-43-16-14-37)34-30-32-10-9-25(35-30)24-19-36(2)26-6-4-3-5-22(24)26/h3-10,17-19H,11-16H2,1-2H3,(H,31,40)(H,32,34,35). The van der Waals surface area contributed by atoms with Gasteiger partial charge < -0.3 is 35.0 Å². The number of ether oxygens (including phenoxy) is 1. The number of imidazole rings is 1. The molecule has 0 atom stereocenters. The van der Waals surface area contributed by atoms with Crippen molar-refractivity contribution in [2.75, 3.05) is 43.1 Å². The number of para-hydroxylation sites is 1. The first-order valence-electron chi connectivity index (χ1n) is 13.9. The fourth-order valence-corrected chi connectivity index (χ4v) is 5.37. The molecule has 1 fully saturated rings. The highest BCUT2D eigenvalue weighted by molar-refractivity contribution is 6.00. The summed E-state index contributed by atoms with van der Waals surface area (Å²) in [7, 11) is 2.01. The Balaban J connectivity index is 1.23. The summed E-state index contributed by atoms with van der Waals surface area (Å²) in [5.41, 5.74) is 4.91. The van der Waals surface area contributed by atoms with Crippen LogP contribution in [0.2, 0.25) is 0 Å². The van der Waals surface area contributed by atoms with Crippen molar-refractivity contribution in [2.24, 2.45) is 7.05 Å². The number of amides is 1. The summed E-state index contributed by atoms with van der Waals surface area (Å²) in [6.07, 6.45) is 5.01. The highest BCUT2D eigenvalue weighted by Crippen LogP contribution is 2.31. The second-order valence-electron chi connectivity index (χ2n) is 10.2. The molecule has 6 rings (SSSR count). The van der Waals surface area contributed by atoms with Crippen LogP contribution in [0.3, 0.4) is 0 Å². The number of hydrogen-bond acceptors (Lipinski definition) is 9. The highest BCUT2D eigenvalue weighted by Gasteiger charge is 2.21. The minimum absolute atomic E-state index is 0.108. The summed E-state index contributed by atoms with van der Waals surface area (Å²) in [5, 5.41) is 18.6. The van der Waals surface area contributed by atoms with E-state index in [0.717, 1.165) is 33.5 Å². The van der Waals surface area contributed by atoms with E-state index >= 15 is 0 Å². The summed E-state index contributed by atoms with van der Waals surface area (Å²) < 4.78 is 9.09. The van der Waals surface area contributed by atoms with Crippen LogP contribution >= 0.6 is 0 Å². The van der Waals surface area contributed by atoms with Gasteiger partial charge in [0.2, 0.25) is 5.95 Å². The molecule has 13 nitrogen and oxygen atoms in total. The predicted octanol–water partition coefficient (Wildman–Crippen LogP) is 4.06. The Morgan fingerprint density at radius 1 is 1.12 bits per heavy atom. The third-order valence-corrected chi connectivity index (χ3v) is 7.52. The van der Waals surface area contributed by atoms with Crippen molar-refractivity contribution in [1.29, 1.82) is 0 Å². The molecule has 0 bridgehead atoms. The molecule has 0 aliphatic carbocycles. The van der Waals surface area contributed by atoms with Crippen molar-refractivity contribution in [3.05, 3.63) is 88.6 Å². The minimum Gasteiger partial charge on any atom is -0.378 e. The molecular weight excluding hydrogens is 550 g/mol. The monoisotopic (exact) mass is 581 g/mol. The number of rotatable bonds is 9. The smallest absolute Gasteiger partial charge is 0.342 e. The largest absolute Gasteiger partial charge is 0.378 e. The maximum atomic E-state index is 13.3. The molecule has 2 N–H and O–H groups in total. The molecule has 13 heteroatoms. The molecule has 1 amide bonds. The van der Waals surface area contributed by atoms with E-state index in [4.69, 9.17) is 9.72 Å². The first kappa shape index (κ1) is 27.8. The zero-order valence-corrected chi connectivity index (χ0v) is 23.9. The summed E-state index contributed by atoms with van der Waals surface area (Å²) in [6.45, 7) is 4.50. The van der Waals surface area contributed by atoms with Crippen molar-refractivity contribution < 1.29 is 14.5 Å². The zero-order chi connectivity index (χ0) is 29.9. The quantitative estimate of drug-likeness (QED) is 0.194. The third kappa shape index (κ3) is 5.75. The maximum absolute atomic E-state index is 13.3. The van der Waals surface area contributed by atoms with Gasteiger partial charge in [0, 0.05) is 61.6 Å². The van der Waals surface area contributed by atoms with Gasteiger partial charge in [-0.3, -0.25) is 4.79 Å². The maximum Gasteiger partial charge on any atom is 0.342 e. The first-order valence-corrected chi connectivity index (χ1v) is 13.9. The minimum atomic E-state index is -0.481. The molecule has 1 saturated heterocycles. The number of nitrogens with one attached hydrogen (secondary N) is 2. The van der Waals surface area contributed by atoms with Crippen LogP contribution < -0.4 is 15.5 Å². The van der Waals surface area contributed by atoms with Crippen LogP contribution in [0.25, 0.3) is 22.2 Å². The van der Waals surface area contributed by atoms with Gasteiger partial charge in [0.1, 0.15) is 12.7 Å². The molecular formula is C30H31N9O4. The molecule has 3 aromatic heterocycles. The molecule has 5 aromatic rings. The lowest BCUT2D eigenvalue weighted by Gasteiger charge is -2.30. The Morgan fingerprint density at radius 3 is 2.74 bits per heavy atom. The van der Waals surface area contributed by atoms with E-state index in [2.05, 4.69) is 48.4 Å². The molecule has 220 valence electrons. The van der Waals surface area contributed by atoms with E-state index < -0.39 is 4.92 Å². The Labute approximate surface area is 247 Å². The van der Waals surface area contributed by atoms with E-state index in [-0.39, 0.29) is 24.8 Å². The first-order chi connectivity index (χ1) is 20.9. The van der Waals surface area contributed by atoms with Gasteiger partial charge in [0.25, 0.3) is 5.91 Å². The number of hydrogen-bond donors (Lipinski definition) is 2. The van der Waals surface area contributed by atoms with Crippen LogP contribution in [0.15, 0.2) is 67.1 Å². The van der Waals surface area contributed by atoms with E-state index in [1.807, 2.05) is 37.4 Å². The van der Waals surface area contributed by atoms with Gasteiger partial charge in [0.05, 0.1) is 36.7 Å². The lowest BCUT2D eigenvalue weighted by atomic mass is 10.1. The van der Waals surface area contributed by atoms with Gasteiger partial charge in [-0.15, -0.1) is 0 Å². The Morgan fingerprint density at radius 2 is 1.93 bits per heavy atom. The number of fused-ring (bicyclic) bond motifs is 1. The predicted molar refractivity (Wildman–Crippen MR) is 163 cm³/mol. The molecule has 2 aromatic carbocycles. The molecule has 0 unspecified atom stereocenters. The average Bonchev–Trinajstić information content (AvgIpc) is 3.57. The number of nitro groups is 1. The van der Waals surface area contributed by atoms with Crippen molar-refractivity contribution >= 4 is 40.0 Å². The summed E-state index contributed by atoms with van der Waals surface area (Å²) in [6, 6.07) is 15.6. The molecule has 0 radical (unpaired) electrons. The lowest BCUT2D eigenvalue weighted by Crippen LogP contribution is -2.38. The highest BCUT2D eigenvalue weighted by atomic mass is 16.6. The Hall–Kier alpha value is -5.30. The molecule has 4 heterocycles. The SMILES string of the molecule is Cc1ncc([N+](=O)[O-])n1CCNC(=O)c1ccc(Nc2nccc(-c3cn(C)c4ccccc34)n2)cc1N1CCOCC1. The van der Waals surface area contributed by atoms with E-state index in [1.54, 1.807) is 19.2 Å². The summed E-state index contributed by atoms with van der Waals surface area (Å²) in [5.74, 6) is 0.565. The fourth-order valence-electron chi connectivity index (χ4n) is 5.37. The number of morpholine rings is 1. The second-order valence-corrected chi connectivity index (χ2v) is 10.2. The van der Waals surface area contributed by atoms with Crippen LogP contribution in [0.4, 0.5) is 23.1 Å². The van der Waals surface area contributed by atoms with Crippen LogP contribution in [0.5, 0.6) is 0 Å². The summed E-state index contributed by atoms with van der Waals surface area (Å²) >= 11 is 0. The van der Waals surface area contributed by atoms with Crippen molar-refractivity contribution in [1.82, 2.24) is 29.4 Å². The van der Waals surface area contributed by atoms with Crippen molar-refractivity contribution in [3.63, 3.8) is 0 Å². The van der Waals surface area contributed by atoms with Crippen LogP contribution in [-0.2, 0) is 18.3 Å². The number of carbonyl (C=O) groups is 1. The van der Waals surface area contributed by atoms with Crippen LogP contribution in [0.1, 0.15) is 16.2 Å². The van der Waals surface area contributed by atoms with Gasteiger partial charge in [0.15, 0.2) is 5.82 Å². The molecule has 1 aliphatic heterocycles. The van der Waals surface area contributed by atoms with Gasteiger partial charge in [-0.25, -0.2) is 19.5 Å². The van der Waals surface area contributed by atoms with Crippen LogP contribution in [0, 0.1) is 17.0 Å². The number of carbonyl (C=O) groups excluding carboxylic acids is 1. The number of anilines is 3. The van der Waals surface area contributed by atoms with Gasteiger partial charge >= 0.3 is 5.82 Å². The fraction of sp³-hybridized carbons (Fsp3) is 0.267. The molecule has 0 spiro atoms. The second kappa shape index (κ2) is 11.9. The number of aryl methyl sites for hydroxylation is 2. The normalized spacial score (nSPS) is 13.3. The molecule has 43 heavy (non-hydrogen) atoms.